The number of halogens is 1. The Morgan fingerprint density at radius 3 is 2.90 bits per heavy atom. The molecule has 0 aliphatic carbocycles. The fourth-order valence-corrected chi connectivity index (χ4v) is 2.41. The number of nitrogens with one attached hydrogen (secondary N) is 1. The van der Waals surface area contributed by atoms with E-state index >= 15 is 0 Å². The van der Waals surface area contributed by atoms with Crippen molar-refractivity contribution in [1.29, 1.82) is 0 Å². The fourth-order valence-electron chi connectivity index (χ4n) is 2.02. The minimum Gasteiger partial charge on any atom is -0.306 e. The summed E-state index contributed by atoms with van der Waals surface area (Å²) < 4.78 is 2.64. The Morgan fingerprint density at radius 1 is 1.33 bits per heavy atom. The number of rotatable bonds is 2. The number of nitrogens with zero attached hydrogens (tertiary/aromatic N) is 3. The third-order valence-corrected chi connectivity index (χ3v) is 4.10. The van der Waals surface area contributed by atoms with Crippen molar-refractivity contribution in [2.45, 2.75) is 6.92 Å². The van der Waals surface area contributed by atoms with Gasteiger partial charge in [-0.1, -0.05) is 34.1 Å². The van der Waals surface area contributed by atoms with Crippen LogP contribution in [0.2, 0.25) is 0 Å². The first-order valence-corrected chi connectivity index (χ1v) is 7.20. The lowest BCUT2D eigenvalue weighted by Crippen LogP contribution is -2.09. The normalized spacial score (nSPS) is 11.6. The van der Waals surface area contributed by atoms with Gasteiger partial charge in [0.1, 0.15) is 11.2 Å². The zero-order valence-corrected chi connectivity index (χ0v) is 13.2. The SMILES string of the molecule is Cc1ccc(/C=C/c2nc3c(cnn3C)c(=O)[nH]2)cc1Br. The van der Waals surface area contributed by atoms with Gasteiger partial charge in [-0.15, -0.1) is 0 Å². The van der Waals surface area contributed by atoms with Crippen LogP contribution < -0.4 is 5.56 Å². The van der Waals surface area contributed by atoms with Crippen molar-refractivity contribution in [2.75, 3.05) is 0 Å². The van der Waals surface area contributed by atoms with Crippen LogP contribution in [0.15, 0.2) is 33.7 Å². The second kappa shape index (κ2) is 5.29. The quantitative estimate of drug-likeness (QED) is 0.777. The highest BCUT2D eigenvalue weighted by Crippen LogP contribution is 2.18. The zero-order chi connectivity index (χ0) is 15.0. The molecule has 2 heterocycles. The van der Waals surface area contributed by atoms with Crippen molar-refractivity contribution in [1.82, 2.24) is 19.7 Å². The maximum atomic E-state index is 11.9. The molecule has 0 radical (unpaired) electrons. The lowest BCUT2D eigenvalue weighted by molar-refractivity contribution is 0.784. The Bertz CT molecular complexity index is 908. The van der Waals surface area contributed by atoms with Crippen LogP contribution in [0.5, 0.6) is 0 Å². The molecule has 0 amide bonds. The minimum absolute atomic E-state index is 0.183. The van der Waals surface area contributed by atoms with E-state index in [0.717, 1.165) is 10.0 Å². The summed E-state index contributed by atoms with van der Waals surface area (Å²) in [5.74, 6) is 0.507. The predicted octanol–water partition coefficient (Wildman–Crippen LogP) is 2.90. The largest absolute Gasteiger partial charge is 0.306 e. The number of aromatic nitrogens is 4. The van der Waals surface area contributed by atoms with E-state index in [1.54, 1.807) is 17.8 Å². The first-order chi connectivity index (χ1) is 10.0. The molecule has 0 atom stereocenters. The Kier molecular flexibility index (Phi) is 3.47. The Hall–Kier alpha value is -2.21. The van der Waals surface area contributed by atoms with Gasteiger partial charge in [-0.3, -0.25) is 9.48 Å². The molecular weight excluding hydrogens is 332 g/mol. The average Bonchev–Trinajstić information content (AvgIpc) is 2.83. The monoisotopic (exact) mass is 344 g/mol. The van der Waals surface area contributed by atoms with E-state index < -0.39 is 0 Å². The van der Waals surface area contributed by atoms with Crippen molar-refractivity contribution in [2.24, 2.45) is 7.05 Å². The van der Waals surface area contributed by atoms with Gasteiger partial charge in [0.05, 0.1) is 6.20 Å². The van der Waals surface area contributed by atoms with Crippen LogP contribution in [0.4, 0.5) is 0 Å². The zero-order valence-electron chi connectivity index (χ0n) is 11.6. The Balaban J connectivity index is 2.00. The molecule has 0 bridgehead atoms. The first-order valence-electron chi connectivity index (χ1n) is 6.41. The minimum atomic E-state index is -0.183. The topological polar surface area (TPSA) is 63.6 Å². The van der Waals surface area contributed by atoms with E-state index in [9.17, 15) is 4.79 Å². The smallest absolute Gasteiger partial charge is 0.262 e. The van der Waals surface area contributed by atoms with Crippen LogP contribution in [0.1, 0.15) is 17.0 Å². The van der Waals surface area contributed by atoms with Crippen LogP contribution >= 0.6 is 15.9 Å². The van der Waals surface area contributed by atoms with Gasteiger partial charge in [0.15, 0.2) is 5.65 Å². The number of aromatic amines is 1. The molecule has 3 aromatic rings. The average molecular weight is 345 g/mol. The maximum Gasteiger partial charge on any atom is 0.262 e. The summed E-state index contributed by atoms with van der Waals surface area (Å²) in [5, 5.41) is 4.53. The highest BCUT2D eigenvalue weighted by Gasteiger charge is 2.06. The van der Waals surface area contributed by atoms with Gasteiger partial charge >= 0.3 is 0 Å². The third kappa shape index (κ3) is 2.67. The van der Waals surface area contributed by atoms with Crippen molar-refractivity contribution in [3.8, 4) is 0 Å². The lowest BCUT2D eigenvalue weighted by Gasteiger charge is -2.00. The molecule has 21 heavy (non-hydrogen) atoms. The molecule has 0 fully saturated rings. The van der Waals surface area contributed by atoms with Crippen LogP contribution in [0, 0.1) is 6.92 Å². The van der Waals surface area contributed by atoms with E-state index in [0.29, 0.717) is 16.9 Å². The molecule has 1 aromatic carbocycles. The molecule has 2 aromatic heterocycles. The Morgan fingerprint density at radius 2 is 2.14 bits per heavy atom. The molecule has 0 saturated heterocycles. The van der Waals surface area contributed by atoms with Gasteiger partial charge < -0.3 is 4.98 Å². The van der Waals surface area contributed by atoms with Crippen molar-refractivity contribution < 1.29 is 0 Å². The third-order valence-electron chi connectivity index (χ3n) is 3.25. The van der Waals surface area contributed by atoms with Crippen LogP contribution in [0.25, 0.3) is 23.2 Å². The number of fused-ring (bicyclic) bond motifs is 1. The molecular formula is C15H13BrN4O. The van der Waals surface area contributed by atoms with Crippen LogP contribution in [-0.2, 0) is 7.05 Å². The van der Waals surface area contributed by atoms with E-state index in [1.807, 2.05) is 31.2 Å². The molecule has 1 N–H and O–H groups in total. The van der Waals surface area contributed by atoms with Crippen molar-refractivity contribution >= 4 is 39.1 Å². The maximum absolute atomic E-state index is 11.9. The van der Waals surface area contributed by atoms with Crippen molar-refractivity contribution in [3.63, 3.8) is 0 Å². The number of aryl methyl sites for hydroxylation is 2. The molecule has 5 nitrogen and oxygen atoms in total. The van der Waals surface area contributed by atoms with Gasteiger partial charge in [-0.05, 0) is 30.2 Å². The molecule has 0 aliphatic heterocycles. The summed E-state index contributed by atoms with van der Waals surface area (Å²) >= 11 is 3.50. The number of H-pyrrole nitrogens is 1. The summed E-state index contributed by atoms with van der Waals surface area (Å²) in [5.41, 5.74) is 2.59. The molecule has 3 rings (SSSR count). The van der Waals surface area contributed by atoms with E-state index in [-0.39, 0.29) is 5.56 Å². The van der Waals surface area contributed by atoms with E-state index in [2.05, 4.69) is 31.0 Å². The summed E-state index contributed by atoms with van der Waals surface area (Å²) in [4.78, 5) is 19.1. The number of benzene rings is 1. The molecule has 106 valence electrons. The lowest BCUT2D eigenvalue weighted by atomic mass is 10.1. The number of hydrogen-bond donors (Lipinski definition) is 1. The van der Waals surface area contributed by atoms with Crippen molar-refractivity contribution in [3.05, 3.63) is 56.2 Å². The predicted molar refractivity (Wildman–Crippen MR) is 86.9 cm³/mol. The number of hydrogen-bond acceptors (Lipinski definition) is 3. The highest BCUT2D eigenvalue weighted by molar-refractivity contribution is 9.10. The van der Waals surface area contributed by atoms with Gasteiger partial charge in [-0.2, -0.15) is 5.10 Å². The Labute approximate surface area is 129 Å². The van der Waals surface area contributed by atoms with Gasteiger partial charge in [0.25, 0.3) is 5.56 Å². The standard InChI is InChI=1S/C15H13BrN4O/c1-9-3-4-10(7-12(9)16)5-6-13-18-14-11(15(21)19-13)8-17-20(14)2/h3-8H,1-2H3,(H,18,19,21)/b6-5+. The van der Waals surface area contributed by atoms with Gasteiger partial charge in [0.2, 0.25) is 0 Å². The molecule has 6 heteroatoms. The fraction of sp³-hybridized carbons (Fsp3) is 0.133. The van der Waals surface area contributed by atoms with Gasteiger partial charge in [-0.25, -0.2) is 4.98 Å². The summed E-state index contributed by atoms with van der Waals surface area (Å²) in [7, 11) is 1.76. The highest BCUT2D eigenvalue weighted by atomic mass is 79.9. The molecule has 0 aliphatic rings. The molecule has 0 saturated carbocycles. The van der Waals surface area contributed by atoms with Crippen LogP contribution in [0.3, 0.4) is 0 Å². The van der Waals surface area contributed by atoms with Gasteiger partial charge in [0, 0.05) is 11.5 Å². The first kappa shape index (κ1) is 13.8. The molecule has 0 spiro atoms. The van der Waals surface area contributed by atoms with E-state index in [4.69, 9.17) is 0 Å². The molecule has 0 unspecified atom stereocenters. The van der Waals surface area contributed by atoms with Crippen LogP contribution in [-0.4, -0.2) is 19.7 Å². The summed E-state index contributed by atoms with van der Waals surface area (Å²) in [6, 6.07) is 6.06. The van der Waals surface area contributed by atoms with E-state index in [1.165, 1.54) is 11.8 Å². The second-order valence-electron chi connectivity index (χ2n) is 4.80. The second-order valence-corrected chi connectivity index (χ2v) is 5.65. The summed E-state index contributed by atoms with van der Waals surface area (Å²) in [6.45, 7) is 2.03. The summed E-state index contributed by atoms with van der Waals surface area (Å²) in [6.07, 6.45) is 5.21.